The van der Waals surface area contributed by atoms with Gasteiger partial charge >= 0.3 is 5.97 Å². The molecule has 0 aliphatic carbocycles. The molecule has 4 rings (SSSR count). The molecule has 2 heterocycles. The third-order valence-electron chi connectivity index (χ3n) is 6.07. The van der Waals surface area contributed by atoms with Crippen LogP contribution in [0, 0.1) is 0 Å². The number of para-hydroxylation sites is 1. The molecule has 0 spiro atoms. The fourth-order valence-electron chi connectivity index (χ4n) is 4.42. The Labute approximate surface area is 220 Å². The Hall–Kier alpha value is -4.18. The van der Waals surface area contributed by atoms with Gasteiger partial charge in [-0.05, 0) is 61.5 Å². The van der Waals surface area contributed by atoms with Crippen molar-refractivity contribution in [2.75, 3.05) is 25.2 Å². The summed E-state index contributed by atoms with van der Waals surface area (Å²) in [4.78, 5) is 40.6. The maximum atomic E-state index is 13.7. The summed E-state index contributed by atoms with van der Waals surface area (Å²) in [6, 6.07) is 12.8. The van der Waals surface area contributed by atoms with Gasteiger partial charge in [0, 0.05) is 17.1 Å². The lowest BCUT2D eigenvalue weighted by Gasteiger charge is -2.19. The zero-order chi connectivity index (χ0) is 26.7. The van der Waals surface area contributed by atoms with Gasteiger partial charge in [-0.2, -0.15) is 0 Å². The van der Waals surface area contributed by atoms with E-state index in [1.54, 1.807) is 41.1 Å². The van der Waals surface area contributed by atoms with Gasteiger partial charge < -0.3 is 24.7 Å². The Morgan fingerprint density at radius 2 is 1.81 bits per heavy atom. The molecule has 2 N–H and O–H groups in total. The maximum Gasteiger partial charge on any atom is 0.325 e. The first-order valence-electron chi connectivity index (χ1n) is 11.8. The van der Waals surface area contributed by atoms with Gasteiger partial charge in [-0.3, -0.25) is 19.3 Å². The molecule has 2 amide bonds. The quantitative estimate of drug-likeness (QED) is 0.262. The number of ether oxygens (including phenoxy) is 2. The Kier molecular flexibility index (Phi) is 7.58. The van der Waals surface area contributed by atoms with E-state index in [9.17, 15) is 14.4 Å². The SMILES string of the molecule is CCOc1ccc(N2C(=O)/C(=C/c3cn(CC(N)=O)c4c(CC)cccc34)N(CC(=O)OC)C2=S)cc1. The molecule has 0 atom stereocenters. The van der Waals surface area contributed by atoms with Gasteiger partial charge in [-0.15, -0.1) is 0 Å². The van der Waals surface area contributed by atoms with E-state index in [1.807, 2.05) is 32.0 Å². The number of thiocarbonyl (C=S) groups is 1. The van der Waals surface area contributed by atoms with E-state index in [1.165, 1.54) is 16.9 Å². The number of carbonyl (C=O) groups is 3. The van der Waals surface area contributed by atoms with Gasteiger partial charge in [0.2, 0.25) is 5.91 Å². The molecule has 9 nitrogen and oxygen atoms in total. The number of aromatic nitrogens is 1. The fraction of sp³-hybridized carbons (Fsp3) is 0.259. The van der Waals surface area contributed by atoms with Crippen LogP contribution < -0.4 is 15.4 Å². The predicted molar refractivity (Wildman–Crippen MR) is 145 cm³/mol. The van der Waals surface area contributed by atoms with E-state index in [0.717, 1.165) is 22.9 Å². The van der Waals surface area contributed by atoms with Crippen molar-refractivity contribution < 1.29 is 23.9 Å². The average molecular weight is 521 g/mol. The van der Waals surface area contributed by atoms with Crippen molar-refractivity contribution >= 4 is 57.8 Å². The second-order valence-electron chi connectivity index (χ2n) is 8.39. The van der Waals surface area contributed by atoms with Crippen LogP contribution in [0.25, 0.3) is 17.0 Å². The van der Waals surface area contributed by atoms with Gasteiger partial charge in [-0.25, -0.2) is 0 Å². The van der Waals surface area contributed by atoms with Crippen LogP contribution in [0.5, 0.6) is 5.75 Å². The molecule has 37 heavy (non-hydrogen) atoms. The molecule has 0 saturated carbocycles. The maximum absolute atomic E-state index is 13.7. The highest BCUT2D eigenvalue weighted by Gasteiger charge is 2.40. The highest BCUT2D eigenvalue weighted by Crippen LogP contribution is 2.33. The molecule has 1 saturated heterocycles. The normalized spacial score (nSPS) is 14.6. The Morgan fingerprint density at radius 3 is 2.43 bits per heavy atom. The monoisotopic (exact) mass is 520 g/mol. The Bertz CT molecular complexity index is 1410. The number of aryl methyl sites for hydroxylation is 1. The zero-order valence-electron chi connectivity index (χ0n) is 20.9. The van der Waals surface area contributed by atoms with Gasteiger partial charge in [0.05, 0.1) is 24.9 Å². The number of benzene rings is 2. The van der Waals surface area contributed by atoms with Crippen LogP contribution in [0.1, 0.15) is 25.0 Å². The van der Waals surface area contributed by atoms with E-state index in [2.05, 4.69) is 0 Å². The molecule has 1 aromatic heterocycles. The largest absolute Gasteiger partial charge is 0.494 e. The average Bonchev–Trinajstić information content (AvgIpc) is 3.34. The van der Waals surface area contributed by atoms with Crippen LogP contribution in [0.2, 0.25) is 0 Å². The molecule has 2 aromatic carbocycles. The third kappa shape index (κ3) is 5.05. The minimum atomic E-state index is -0.543. The van der Waals surface area contributed by atoms with Gasteiger partial charge in [0.15, 0.2) is 5.11 Å². The smallest absolute Gasteiger partial charge is 0.325 e. The minimum absolute atomic E-state index is 0.00672. The van der Waals surface area contributed by atoms with Gasteiger partial charge in [0.25, 0.3) is 5.91 Å². The predicted octanol–water partition coefficient (Wildman–Crippen LogP) is 3.24. The molecule has 1 aliphatic rings. The van der Waals surface area contributed by atoms with E-state index in [-0.39, 0.29) is 29.8 Å². The van der Waals surface area contributed by atoms with E-state index in [4.69, 9.17) is 27.4 Å². The van der Waals surface area contributed by atoms with Crippen molar-refractivity contribution in [3.05, 3.63) is 65.5 Å². The number of fused-ring (bicyclic) bond motifs is 1. The summed E-state index contributed by atoms with van der Waals surface area (Å²) in [5.41, 5.74) is 8.86. The number of carbonyl (C=O) groups excluding carboxylic acids is 3. The van der Waals surface area contributed by atoms with Crippen LogP contribution in [-0.2, 0) is 32.1 Å². The van der Waals surface area contributed by atoms with Crippen molar-refractivity contribution in [2.45, 2.75) is 26.8 Å². The summed E-state index contributed by atoms with van der Waals surface area (Å²) < 4.78 is 12.1. The zero-order valence-corrected chi connectivity index (χ0v) is 21.7. The van der Waals surface area contributed by atoms with Crippen LogP contribution >= 0.6 is 12.2 Å². The number of hydrogen-bond donors (Lipinski definition) is 1. The van der Waals surface area contributed by atoms with Crippen LogP contribution in [-0.4, -0.2) is 52.6 Å². The summed E-state index contributed by atoms with van der Waals surface area (Å²) in [6.07, 6.45) is 4.22. The van der Waals surface area contributed by atoms with Gasteiger partial charge in [-0.1, -0.05) is 25.1 Å². The fourth-order valence-corrected chi connectivity index (χ4v) is 4.77. The summed E-state index contributed by atoms with van der Waals surface area (Å²) in [5, 5.41) is 1.00. The molecule has 3 aromatic rings. The first kappa shape index (κ1) is 25.9. The molecule has 0 bridgehead atoms. The highest BCUT2D eigenvalue weighted by atomic mass is 32.1. The number of anilines is 1. The molecule has 1 aliphatic heterocycles. The lowest BCUT2D eigenvalue weighted by atomic mass is 10.1. The summed E-state index contributed by atoms with van der Waals surface area (Å²) in [7, 11) is 1.28. The van der Waals surface area contributed by atoms with Crippen molar-refractivity contribution in [2.24, 2.45) is 5.73 Å². The Morgan fingerprint density at radius 1 is 1.08 bits per heavy atom. The van der Waals surface area contributed by atoms with Gasteiger partial charge in [0.1, 0.15) is 24.5 Å². The second-order valence-corrected chi connectivity index (χ2v) is 8.75. The van der Waals surface area contributed by atoms with Crippen LogP contribution in [0.4, 0.5) is 5.69 Å². The van der Waals surface area contributed by atoms with Crippen LogP contribution in [0.3, 0.4) is 0 Å². The number of primary amides is 1. The lowest BCUT2D eigenvalue weighted by Crippen LogP contribution is -2.35. The first-order valence-corrected chi connectivity index (χ1v) is 12.3. The number of hydrogen-bond acceptors (Lipinski definition) is 6. The van der Waals surface area contributed by atoms with E-state index >= 15 is 0 Å². The van der Waals surface area contributed by atoms with Crippen molar-refractivity contribution in [1.82, 2.24) is 9.47 Å². The third-order valence-corrected chi connectivity index (χ3v) is 6.47. The minimum Gasteiger partial charge on any atom is -0.494 e. The number of rotatable bonds is 9. The summed E-state index contributed by atoms with van der Waals surface area (Å²) in [5.74, 6) is -0.742. The van der Waals surface area contributed by atoms with E-state index in [0.29, 0.717) is 23.6 Å². The number of methoxy groups -OCH3 is 1. The van der Waals surface area contributed by atoms with Crippen molar-refractivity contribution in [1.29, 1.82) is 0 Å². The topological polar surface area (TPSA) is 107 Å². The molecule has 1 fully saturated rings. The standard InChI is InChI=1S/C27H28N4O5S/c1-4-17-7-6-8-21-18(14-29(25(17)21)15-23(28)32)13-22-26(34)31(27(37)30(22)16-24(33)35-3)19-9-11-20(12-10-19)36-5-2/h6-14H,4-5,15-16H2,1-3H3,(H2,28,32)/b22-13-. The van der Waals surface area contributed by atoms with Crippen LogP contribution in [0.15, 0.2) is 54.4 Å². The molecular weight excluding hydrogens is 492 g/mol. The Balaban J connectivity index is 1.84. The molecular formula is C27H28N4O5S. The molecule has 10 heteroatoms. The molecule has 192 valence electrons. The first-order chi connectivity index (χ1) is 17.8. The number of esters is 1. The second kappa shape index (κ2) is 10.8. The van der Waals surface area contributed by atoms with E-state index < -0.39 is 11.9 Å². The summed E-state index contributed by atoms with van der Waals surface area (Å²) in [6.45, 7) is 4.19. The van der Waals surface area contributed by atoms with Crippen molar-refractivity contribution in [3.8, 4) is 5.75 Å². The number of amides is 2. The number of nitrogens with two attached hydrogens (primary N) is 1. The molecule has 0 unspecified atom stereocenters. The lowest BCUT2D eigenvalue weighted by molar-refractivity contribution is -0.140. The number of nitrogens with zero attached hydrogens (tertiary/aromatic N) is 3. The summed E-state index contributed by atoms with van der Waals surface area (Å²) >= 11 is 5.65. The molecule has 0 radical (unpaired) electrons. The highest BCUT2D eigenvalue weighted by molar-refractivity contribution is 7.80. The van der Waals surface area contributed by atoms with Crippen molar-refractivity contribution in [3.63, 3.8) is 0 Å².